The number of aromatic hydroxyl groups is 1. The molecule has 4 aliphatic rings. The highest BCUT2D eigenvalue weighted by atomic mass is 79.9. The van der Waals surface area contributed by atoms with Crippen molar-refractivity contribution in [3.05, 3.63) is 85.4 Å². The van der Waals surface area contributed by atoms with Gasteiger partial charge in [-0.1, -0.05) is 17.7 Å². The number of anilines is 1. The Morgan fingerprint density at radius 2 is 1.71 bits per heavy atom. The summed E-state index contributed by atoms with van der Waals surface area (Å²) in [5, 5.41) is 21.9. The predicted molar refractivity (Wildman–Crippen MR) is 151 cm³/mol. The summed E-state index contributed by atoms with van der Waals surface area (Å²) in [5.41, 5.74) is 1.54. The van der Waals surface area contributed by atoms with Crippen LogP contribution in [0.1, 0.15) is 24.3 Å². The summed E-state index contributed by atoms with van der Waals surface area (Å²) in [6, 6.07) is 8.47. The van der Waals surface area contributed by atoms with Crippen LogP contribution in [0.3, 0.4) is 0 Å². The van der Waals surface area contributed by atoms with Crippen LogP contribution in [0.15, 0.2) is 69.8 Å². The number of rotatable bonds is 5. The summed E-state index contributed by atoms with van der Waals surface area (Å²) in [6.45, 7) is 0. The van der Waals surface area contributed by atoms with Gasteiger partial charge in [-0.3, -0.25) is 29.3 Å². The minimum absolute atomic E-state index is 0.0560. The molecule has 4 atom stereocenters. The number of benzene rings is 2. The number of nitro benzene ring substituents is 1. The number of ketones is 2. The van der Waals surface area contributed by atoms with Gasteiger partial charge in [-0.15, -0.1) is 0 Å². The number of Topliss-reactive ketones (excluding diaryl/α,β-unsaturated/α-hetero) is 1. The quantitative estimate of drug-likeness (QED) is 0.167. The molecule has 2 amide bonds. The maximum atomic E-state index is 14.0. The van der Waals surface area contributed by atoms with E-state index >= 15 is 0 Å². The van der Waals surface area contributed by atoms with Gasteiger partial charge in [0.2, 0.25) is 17.6 Å². The lowest BCUT2D eigenvalue weighted by Crippen LogP contribution is -2.39. The Morgan fingerprint density at radius 1 is 1.02 bits per heavy atom. The molecule has 1 aliphatic heterocycles. The van der Waals surface area contributed by atoms with Gasteiger partial charge >= 0.3 is 0 Å². The zero-order valence-corrected chi connectivity index (χ0v) is 23.9. The number of non-ortho nitro benzene ring substituents is 1. The SMILES string of the molecule is COc1cc([C@H]2C3=CC[C@@H]4C(=O)N(c5cccc([N+](=O)[O-])c5)C(=O)[C@@H]4[C@@H]3CC3=C2C(=O)C=C(Br)C3=O)cc(OC)c1O. The minimum atomic E-state index is -0.859. The number of amides is 2. The number of imide groups is 1. The highest BCUT2D eigenvalue weighted by molar-refractivity contribution is 9.12. The lowest BCUT2D eigenvalue weighted by Gasteiger charge is -2.42. The smallest absolute Gasteiger partial charge is 0.271 e. The first-order chi connectivity index (χ1) is 20.1. The topological polar surface area (TPSA) is 153 Å². The van der Waals surface area contributed by atoms with Gasteiger partial charge in [0.15, 0.2) is 23.1 Å². The second-order valence-corrected chi connectivity index (χ2v) is 11.3. The third-order valence-electron chi connectivity index (χ3n) is 8.47. The molecule has 2 aromatic carbocycles. The summed E-state index contributed by atoms with van der Waals surface area (Å²) >= 11 is 3.20. The molecule has 12 heteroatoms. The maximum absolute atomic E-state index is 14.0. The Kier molecular flexibility index (Phi) is 6.60. The molecular weight excluding hydrogens is 612 g/mol. The van der Waals surface area contributed by atoms with E-state index in [-0.39, 0.29) is 68.7 Å². The van der Waals surface area contributed by atoms with Crippen LogP contribution in [-0.2, 0) is 19.2 Å². The molecule has 3 aliphatic carbocycles. The molecule has 42 heavy (non-hydrogen) atoms. The van der Waals surface area contributed by atoms with Gasteiger partial charge in [-0.05, 0) is 58.5 Å². The number of hydrogen-bond donors (Lipinski definition) is 1. The standard InChI is InChI=1S/C30H23BrN2O9/c1-41-22-8-13(9-23(42-2)28(22)36)24-16-6-7-17-25(18(16)11-19-26(24)21(34)12-20(31)27(19)35)30(38)32(29(17)37)14-4-3-5-15(10-14)33(39)40/h3-6,8-10,12,17-18,24-25,36H,7,11H2,1-2H3/t17-,18+,24-,25-/m0/s1. The second-order valence-electron chi connectivity index (χ2n) is 10.5. The summed E-state index contributed by atoms with van der Waals surface area (Å²) in [5.74, 6) is -4.81. The molecule has 0 radical (unpaired) electrons. The van der Waals surface area contributed by atoms with Gasteiger partial charge in [-0.2, -0.15) is 0 Å². The first-order valence-corrected chi connectivity index (χ1v) is 13.8. The van der Waals surface area contributed by atoms with Crippen molar-refractivity contribution < 1.29 is 38.7 Å². The third-order valence-corrected chi connectivity index (χ3v) is 9.05. The number of methoxy groups -OCH3 is 2. The van der Waals surface area contributed by atoms with Crippen molar-refractivity contribution in [2.75, 3.05) is 19.1 Å². The van der Waals surface area contributed by atoms with Crippen LogP contribution in [-0.4, -0.2) is 47.6 Å². The summed E-state index contributed by atoms with van der Waals surface area (Å²) in [6.07, 6.45) is 3.32. The molecule has 1 saturated heterocycles. The first kappa shape index (κ1) is 27.6. The Morgan fingerprint density at radius 3 is 2.36 bits per heavy atom. The van der Waals surface area contributed by atoms with Crippen LogP contribution in [0.25, 0.3) is 0 Å². The van der Waals surface area contributed by atoms with Crippen LogP contribution < -0.4 is 14.4 Å². The number of nitrogens with zero attached hydrogens (tertiary/aromatic N) is 2. The second kappa shape index (κ2) is 10.1. The number of ether oxygens (including phenoxy) is 2. The molecular formula is C30H23BrN2O9. The van der Waals surface area contributed by atoms with E-state index in [0.29, 0.717) is 11.1 Å². The van der Waals surface area contributed by atoms with Crippen LogP contribution >= 0.6 is 15.9 Å². The average Bonchev–Trinajstić information content (AvgIpc) is 3.24. The molecule has 0 bridgehead atoms. The Bertz CT molecular complexity index is 1700. The normalized spacial score (nSPS) is 25.0. The number of hydrogen-bond acceptors (Lipinski definition) is 9. The van der Waals surface area contributed by atoms with Crippen molar-refractivity contribution in [3.8, 4) is 17.2 Å². The van der Waals surface area contributed by atoms with E-state index in [1.54, 1.807) is 12.1 Å². The van der Waals surface area contributed by atoms with E-state index in [9.17, 15) is 34.4 Å². The summed E-state index contributed by atoms with van der Waals surface area (Å²) in [7, 11) is 2.75. The van der Waals surface area contributed by atoms with Gasteiger partial charge in [0.25, 0.3) is 5.69 Å². The molecule has 1 N–H and O–H groups in total. The number of carbonyl (C=O) groups excluding carboxylic acids is 4. The van der Waals surface area contributed by atoms with Gasteiger partial charge in [0, 0.05) is 35.3 Å². The van der Waals surface area contributed by atoms with Gasteiger partial charge < -0.3 is 14.6 Å². The number of allylic oxidation sites excluding steroid dienone is 6. The molecule has 0 saturated carbocycles. The first-order valence-electron chi connectivity index (χ1n) is 13.0. The van der Waals surface area contributed by atoms with E-state index < -0.39 is 40.4 Å². The predicted octanol–water partition coefficient (Wildman–Crippen LogP) is 4.28. The number of phenolic OH excluding ortho intramolecular Hbond substituents is 1. The zero-order valence-electron chi connectivity index (χ0n) is 22.3. The Labute approximate surface area is 247 Å². The Hall–Kier alpha value is -4.58. The zero-order chi connectivity index (χ0) is 30.0. The fourth-order valence-corrected chi connectivity index (χ4v) is 7.11. The van der Waals surface area contributed by atoms with Crippen LogP contribution in [0.2, 0.25) is 0 Å². The number of fused-ring (bicyclic) bond motifs is 3. The molecule has 1 fully saturated rings. The van der Waals surface area contributed by atoms with E-state index in [4.69, 9.17) is 9.47 Å². The fourth-order valence-electron chi connectivity index (χ4n) is 6.67. The Balaban J connectivity index is 1.50. The highest BCUT2D eigenvalue weighted by Crippen LogP contribution is 2.56. The molecule has 11 nitrogen and oxygen atoms in total. The molecule has 214 valence electrons. The lowest BCUT2D eigenvalue weighted by atomic mass is 9.59. The molecule has 0 spiro atoms. The highest BCUT2D eigenvalue weighted by Gasteiger charge is 2.57. The van der Waals surface area contributed by atoms with Gasteiger partial charge in [-0.25, -0.2) is 4.90 Å². The van der Waals surface area contributed by atoms with Crippen LogP contribution in [0, 0.1) is 27.9 Å². The maximum Gasteiger partial charge on any atom is 0.271 e. The summed E-state index contributed by atoms with van der Waals surface area (Å²) < 4.78 is 10.8. The third kappa shape index (κ3) is 4.00. The largest absolute Gasteiger partial charge is 0.502 e. The monoisotopic (exact) mass is 634 g/mol. The van der Waals surface area contributed by atoms with Crippen molar-refractivity contribution in [3.63, 3.8) is 0 Å². The van der Waals surface area contributed by atoms with E-state index in [0.717, 1.165) is 4.90 Å². The number of nitro groups is 1. The van der Waals surface area contributed by atoms with Crippen LogP contribution in [0.4, 0.5) is 11.4 Å². The molecule has 2 aromatic rings. The fraction of sp³-hybridized carbons (Fsp3) is 0.267. The van der Waals surface area contributed by atoms with Crippen molar-refractivity contribution >= 4 is 50.7 Å². The van der Waals surface area contributed by atoms with E-state index in [1.807, 2.05) is 6.08 Å². The lowest BCUT2D eigenvalue weighted by molar-refractivity contribution is -0.384. The van der Waals surface area contributed by atoms with Gasteiger partial charge in [0.1, 0.15) is 0 Å². The van der Waals surface area contributed by atoms with E-state index in [1.165, 1.54) is 44.6 Å². The average molecular weight is 635 g/mol. The number of halogens is 1. The van der Waals surface area contributed by atoms with Crippen molar-refractivity contribution in [2.45, 2.75) is 18.8 Å². The van der Waals surface area contributed by atoms with Gasteiger partial charge in [0.05, 0.1) is 41.1 Å². The number of carbonyl (C=O) groups is 4. The van der Waals surface area contributed by atoms with Crippen molar-refractivity contribution in [1.29, 1.82) is 0 Å². The molecule has 0 aromatic heterocycles. The van der Waals surface area contributed by atoms with E-state index in [2.05, 4.69) is 15.9 Å². The van der Waals surface area contributed by atoms with Crippen molar-refractivity contribution in [2.24, 2.45) is 17.8 Å². The summed E-state index contributed by atoms with van der Waals surface area (Å²) in [4.78, 5) is 66.2. The molecule has 6 rings (SSSR count). The minimum Gasteiger partial charge on any atom is -0.502 e. The molecule has 1 heterocycles. The molecule has 0 unspecified atom stereocenters. The number of phenols is 1. The van der Waals surface area contributed by atoms with Crippen molar-refractivity contribution in [1.82, 2.24) is 0 Å². The van der Waals surface area contributed by atoms with Crippen LogP contribution in [0.5, 0.6) is 17.2 Å².